The van der Waals surface area contributed by atoms with Crippen LogP contribution in [0.5, 0.6) is 0 Å². The van der Waals surface area contributed by atoms with E-state index in [1.807, 2.05) is 0 Å². The second-order valence-corrected chi connectivity index (χ2v) is 8.02. The molecule has 21 heavy (non-hydrogen) atoms. The molecular weight excluding hydrogens is 262 g/mol. The smallest absolute Gasteiger partial charge is 0.0482 e. The van der Waals surface area contributed by atoms with Gasteiger partial charge in [0, 0.05) is 13.2 Å². The third-order valence-electron chi connectivity index (χ3n) is 4.27. The molecule has 3 heteroatoms. The number of aliphatic hydroxyl groups is 2. The standard InChI is InChI=1S/C18H39NO2/c1-17(2,15-20)11-7-5-9-13-19-14-10-6-8-12-18(3,4)16-21/h19-21H,5-16H2,1-4H3. The van der Waals surface area contributed by atoms with Gasteiger partial charge in [0.25, 0.3) is 0 Å². The summed E-state index contributed by atoms with van der Waals surface area (Å²) in [7, 11) is 0. The van der Waals surface area contributed by atoms with Crippen molar-refractivity contribution in [3.63, 3.8) is 0 Å². The Labute approximate surface area is 132 Å². The Bertz CT molecular complexity index is 215. The number of nitrogens with one attached hydrogen (secondary N) is 1. The molecule has 0 saturated carbocycles. The quantitative estimate of drug-likeness (QED) is 0.428. The summed E-state index contributed by atoms with van der Waals surface area (Å²) < 4.78 is 0. The minimum atomic E-state index is 0.0930. The van der Waals surface area contributed by atoms with E-state index >= 15 is 0 Å². The molecule has 0 aliphatic rings. The van der Waals surface area contributed by atoms with Gasteiger partial charge in [-0.3, -0.25) is 0 Å². The van der Waals surface area contributed by atoms with Crippen molar-refractivity contribution in [2.24, 2.45) is 10.8 Å². The first kappa shape index (κ1) is 20.9. The molecule has 0 rings (SSSR count). The summed E-state index contributed by atoms with van der Waals surface area (Å²) in [6.45, 7) is 11.3. The van der Waals surface area contributed by atoms with Gasteiger partial charge < -0.3 is 15.5 Å². The molecule has 0 amide bonds. The van der Waals surface area contributed by atoms with E-state index < -0.39 is 0 Å². The predicted octanol–water partition coefficient (Wildman–Crippen LogP) is 3.73. The molecule has 0 aliphatic heterocycles. The van der Waals surface area contributed by atoms with Gasteiger partial charge in [0.15, 0.2) is 0 Å². The third-order valence-corrected chi connectivity index (χ3v) is 4.27. The largest absolute Gasteiger partial charge is 0.396 e. The van der Waals surface area contributed by atoms with Gasteiger partial charge in [-0.25, -0.2) is 0 Å². The van der Waals surface area contributed by atoms with Crippen molar-refractivity contribution in [3.05, 3.63) is 0 Å². The number of hydrogen-bond donors (Lipinski definition) is 3. The molecule has 128 valence electrons. The fraction of sp³-hybridized carbons (Fsp3) is 1.00. The molecule has 0 saturated heterocycles. The van der Waals surface area contributed by atoms with Crippen LogP contribution in [0.3, 0.4) is 0 Å². The van der Waals surface area contributed by atoms with Crippen molar-refractivity contribution in [3.8, 4) is 0 Å². The molecule has 0 aromatic heterocycles. The van der Waals surface area contributed by atoms with Crippen molar-refractivity contribution in [1.82, 2.24) is 5.32 Å². The molecule has 3 N–H and O–H groups in total. The number of hydrogen-bond acceptors (Lipinski definition) is 3. The monoisotopic (exact) mass is 301 g/mol. The fourth-order valence-electron chi connectivity index (χ4n) is 2.34. The highest BCUT2D eigenvalue weighted by Gasteiger charge is 2.15. The Balaban J connectivity index is 3.23. The van der Waals surface area contributed by atoms with Crippen LogP contribution in [0.4, 0.5) is 0 Å². The van der Waals surface area contributed by atoms with E-state index in [1.54, 1.807) is 0 Å². The zero-order chi connectivity index (χ0) is 16.2. The van der Waals surface area contributed by atoms with Crippen molar-refractivity contribution in [2.45, 2.75) is 79.1 Å². The maximum atomic E-state index is 9.18. The summed E-state index contributed by atoms with van der Waals surface area (Å²) >= 11 is 0. The summed E-state index contributed by atoms with van der Waals surface area (Å²) in [5, 5.41) is 21.9. The van der Waals surface area contributed by atoms with Crippen LogP contribution in [-0.4, -0.2) is 36.5 Å². The highest BCUT2D eigenvalue weighted by molar-refractivity contribution is 4.67. The number of rotatable bonds is 14. The molecular formula is C18H39NO2. The normalized spacial score (nSPS) is 12.9. The van der Waals surface area contributed by atoms with Crippen molar-refractivity contribution < 1.29 is 10.2 Å². The van der Waals surface area contributed by atoms with Crippen LogP contribution in [0.15, 0.2) is 0 Å². The molecule has 0 bridgehead atoms. The Hall–Kier alpha value is -0.120. The van der Waals surface area contributed by atoms with E-state index in [0.29, 0.717) is 13.2 Å². The van der Waals surface area contributed by atoms with Crippen molar-refractivity contribution >= 4 is 0 Å². The molecule has 0 aliphatic carbocycles. The Morgan fingerprint density at radius 2 is 1.00 bits per heavy atom. The van der Waals surface area contributed by atoms with Crippen LogP contribution < -0.4 is 5.32 Å². The highest BCUT2D eigenvalue weighted by Crippen LogP contribution is 2.23. The van der Waals surface area contributed by atoms with Crippen LogP contribution in [0, 0.1) is 10.8 Å². The maximum Gasteiger partial charge on any atom is 0.0482 e. The van der Waals surface area contributed by atoms with E-state index in [0.717, 1.165) is 25.9 Å². The summed E-state index contributed by atoms with van der Waals surface area (Å²) in [6, 6.07) is 0. The minimum absolute atomic E-state index is 0.0930. The van der Waals surface area contributed by atoms with Crippen LogP contribution >= 0.6 is 0 Å². The molecule has 0 aromatic carbocycles. The summed E-state index contributed by atoms with van der Waals surface area (Å²) in [5.74, 6) is 0. The van der Waals surface area contributed by atoms with E-state index in [2.05, 4.69) is 33.0 Å². The second kappa shape index (κ2) is 11.4. The van der Waals surface area contributed by atoms with Gasteiger partial charge in [-0.2, -0.15) is 0 Å². The zero-order valence-electron chi connectivity index (χ0n) is 14.9. The second-order valence-electron chi connectivity index (χ2n) is 8.02. The van der Waals surface area contributed by atoms with Crippen LogP contribution in [0.1, 0.15) is 79.1 Å². The molecule has 0 heterocycles. The molecule has 3 nitrogen and oxygen atoms in total. The molecule has 0 radical (unpaired) electrons. The lowest BCUT2D eigenvalue weighted by molar-refractivity contribution is 0.147. The Morgan fingerprint density at radius 1 is 0.619 bits per heavy atom. The SMILES string of the molecule is CC(C)(CO)CCCCCNCCCCCC(C)(C)CO. The highest BCUT2D eigenvalue weighted by atomic mass is 16.3. The Kier molecular flexibility index (Phi) is 11.4. The van der Waals surface area contributed by atoms with Crippen LogP contribution in [0.2, 0.25) is 0 Å². The average Bonchev–Trinajstić information content (AvgIpc) is 2.44. The molecule has 0 atom stereocenters. The maximum absolute atomic E-state index is 9.18. The summed E-state index contributed by atoms with van der Waals surface area (Å²) in [5.41, 5.74) is 0.186. The first-order valence-electron chi connectivity index (χ1n) is 8.75. The fourth-order valence-corrected chi connectivity index (χ4v) is 2.34. The van der Waals surface area contributed by atoms with E-state index in [1.165, 1.54) is 38.5 Å². The molecule has 0 spiro atoms. The molecule has 0 fully saturated rings. The topological polar surface area (TPSA) is 52.5 Å². The number of unbranched alkanes of at least 4 members (excludes halogenated alkanes) is 4. The van der Waals surface area contributed by atoms with E-state index in [9.17, 15) is 10.2 Å². The van der Waals surface area contributed by atoms with Crippen molar-refractivity contribution in [2.75, 3.05) is 26.3 Å². The lowest BCUT2D eigenvalue weighted by Gasteiger charge is -2.21. The summed E-state index contributed by atoms with van der Waals surface area (Å²) in [6.07, 6.45) is 9.63. The van der Waals surface area contributed by atoms with Crippen molar-refractivity contribution in [1.29, 1.82) is 0 Å². The first-order chi connectivity index (χ1) is 9.83. The molecule has 0 aromatic rings. The minimum Gasteiger partial charge on any atom is -0.396 e. The van der Waals surface area contributed by atoms with Gasteiger partial charge in [-0.05, 0) is 49.6 Å². The zero-order valence-corrected chi connectivity index (χ0v) is 14.9. The number of aliphatic hydroxyl groups excluding tert-OH is 2. The Morgan fingerprint density at radius 3 is 1.33 bits per heavy atom. The van der Waals surface area contributed by atoms with Gasteiger partial charge in [0.2, 0.25) is 0 Å². The molecule has 0 unspecified atom stereocenters. The predicted molar refractivity (Wildman–Crippen MR) is 91.5 cm³/mol. The summed E-state index contributed by atoms with van der Waals surface area (Å²) in [4.78, 5) is 0. The van der Waals surface area contributed by atoms with E-state index in [-0.39, 0.29) is 10.8 Å². The van der Waals surface area contributed by atoms with Crippen LogP contribution in [-0.2, 0) is 0 Å². The van der Waals surface area contributed by atoms with Gasteiger partial charge in [0.1, 0.15) is 0 Å². The van der Waals surface area contributed by atoms with Crippen LogP contribution in [0.25, 0.3) is 0 Å². The lowest BCUT2D eigenvalue weighted by atomic mass is 9.88. The van der Waals surface area contributed by atoms with Gasteiger partial charge in [-0.1, -0.05) is 53.4 Å². The average molecular weight is 302 g/mol. The third kappa shape index (κ3) is 13.3. The van der Waals surface area contributed by atoms with Gasteiger partial charge >= 0.3 is 0 Å². The lowest BCUT2D eigenvalue weighted by Crippen LogP contribution is -2.18. The van der Waals surface area contributed by atoms with E-state index in [4.69, 9.17) is 0 Å². The first-order valence-corrected chi connectivity index (χ1v) is 8.75. The van der Waals surface area contributed by atoms with Gasteiger partial charge in [0.05, 0.1) is 0 Å². The van der Waals surface area contributed by atoms with Gasteiger partial charge in [-0.15, -0.1) is 0 Å².